The third-order valence-corrected chi connectivity index (χ3v) is 2.86. The molecule has 1 aromatic heterocycles. The predicted octanol–water partition coefficient (Wildman–Crippen LogP) is 1.98. The number of carbonyl (C=O) groups is 1. The Morgan fingerprint density at radius 2 is 2.50 bits per heavy atom. The second-order valence-corrected chi connectivity index (χ2v) is 4.05. The van der Waals surface area contributed by atoms with Crippen molar-refractivity contribution in [2.75, 3.05) is 0 Å². The fourth-order valence-corrected chi connectivity index (χ4v) is 2.04. The second-order valence-electron chi connectivity index (χ2n) is 3.33. The van der Waals surface area contributed by atoms with Crippen molar-refractivity contribution < 1.29 is 4.79 Å². The first-order valence-corrected chi connectivity index (χ1v) is 5.64. The summed E-state index contributed by atoms with van der Waals surface area (Å²) in [6.45, 7) is 0. The van der Waals surface area contributed by atoms with Gasteiger partial charge >= 0.3 is 0 Å². The van der Waals surface area contributed by atoms with E-state index < -0.39 is 0 Å². The van der Waals surface area contributed by atoms with Crippen LogP contribution in [0, 0.1) is 0 Å². The molecule has 0 saturated carbocycles. The lowest BCUT2D eigenvalue weighted by Crippen LogP contribution is -2.35. The number of thiazole rings is 1. The van der Waals surface area contributed by atoms with E-state index >= 15 is 0 Å². The van der Waals surface area contributed by atoms with Crippen molar-refractivity contribution in [3.63, 3.8) is 0 Å². The Labute approximate surface area is 86.9 Å². The number of aromatic nitrogens is 1. The number of nitrogens with zero attached hydrogens (tertiary/aromatic N) is 1. The lowest BCUT2D eigenvalue weighted by Gasteiger charge is -2.18. The van der Waals surface area contributed by atoms with Gasteiger partial charge in [-0.05, 0) is 19.3 Å². The van der Waals surface area contributed by atoms with Crippen LogP contribution in [0.15, 0.2) is 23.0 Å². The van der Waals surface area contributed by atoms with Crippen molar-refractivity contribution in [2.45, 2.75) is 25.3 Å². The number of hydrogen-bond acceptors (Lipinski definition) is 3. The first-order valence-electron chi connectivity index (χ1n) is 4.70. The van der Waals surface area contributed by atoms with Crippen LogP contribution < -0.4 is 5.32 Å². The van der Waals surface area contributed by atoms with E-state index in [0.29, 0.717) is 5.69 Å². The molecule has 1 aliphatic rings. The maximum atomic E-state index is 11.6. The lowest BCUT2D eigenvalue weighted by atomic mass is 10.0. The Kier molecular flexibility index (Phi) is 2.93. The van der Waals surface area contributed by atoms with E-state index in [2.05, 4.69) is 22.5 Å². The van der Waals surface area contributed by atoms with Gasteiger partial charge in [0.15, 0.2) is 0 Å². The molecule has 3 nitrogen and oxygen atoms in total. The van der Waals surface area contributed by atoms with Gasteiger partial charge in [-0.2, -0.15) is 0 Å². The van der Waals surface area contributed by atoms with E-state index in [4.69, 9.17) is 0 Å². The van der Waals surface area contributed by atoms with Crippen LogP contribution in [-0.4, -0.2) is 16.9 Å². The van der Waals surface area contributed by atoms with Crippen molar-refractivity contribution in [2.24, 2.45) is 0 Å². The summed E-state index contributed by atoms with van der Waals surface area (Å²) in [5.74, 6) is -0.0495. The highest BCUT2D eigenvalue weighted by Gasteiger charge is 2.14. The van der Waals surface area contributed by atoms with Crippen LogP contribution in [0.5, 0.6) is 0 Å². The quantitative estimate of drug-likeness (QED) is 0.755. The van der Waals surface area contributed by atoms with Crippen molar-refractivity contribution in [1.82, 2.24) is 10.3 Å². The van der Waals surface area contributed by atoms with Gasteiger partial charge in [-0.15, -0.1) is 11.3 Å². The van der Waals surface area contributed by atoms with Gasteiger partial charge in [0.1, 0.15) is 5.69 Å². The number of allylic oxidation sites excluding steroid dienone is 1. The minimum absolute atomic E-state index is 0.0495. The summed E-state index contributed by atoms with van der Waals surface area (Å²) < 4.78 is 0. The molecule has 2 rings (SSSR count). The maximum Gasteiger partial charge on any atom is 0.270 e. The Bertz CT molecular complexity index is 332. The maximum absolute atomic E-state index is 11.6. The molecule has 0 aliphatic heterocycles. The van der Waals surface area contributed by atoms with E-state index in [9.17, 15) is 4.79 Å². The van der Waals surface area contributed by atoms with Gasteiger partial charge in [0.2, 0.25) is 0 Å². The average Bonchev–Trinajstić information content (AvgIpc) is 2.72. The summed E-state index contributed by atoms with van der Waals surface area (Å²) in [4.78, 5) is 15.6. The van der Waals surface area contributed by atoms with Gasteiger partial charge < -0.3 is 5.32 Å². The van der Waals surface area contributed by atoms with Gasteiger partial charge in [0.25, 0.3) is 5.91 Å². The molecule has 1 N–H and O–H groups in total. The van der Waals surface area contributed by atoms with Crippen molar-refractivity contribution in [3.05, 3.63) is 28.7 Å². The van der Waals surface area contributed by atoms with Gasteiger partial charge in [-0.25, -0.2) is 4.98 Å². The van der Waals surface area contributed by atoms with E-state index in [1.807, 2.05) is 0 Å². The molecule has 0 fully saturated rings. The molecular weight excluding hydrogens is 196 g/mol. The van der Waals surface area contributed by atoms with Crippen LogP contribution in [-0.2, 0) is 0 Å². The van der Waals surface area contributed by atoms with Crippen LogP contribution in [0.2, 0.25) is 0 Å². The van der Waals surface area contributed by atoms with Gasteiger partial charge in [-0.3, -0.25) is 4.79 Å². The van der Waals surface area contributed by atoms with Crippen molar-refractivity contribution in [3.8, 4) is 0 Å². The summed E-state index contributed by atoms with van der Waals surface area (Å²) in [5.41, 5.74) is 2.21. The Morgan fingerprint density at radius 3 is 3.14 bits per heavy atom. The van der Waals surface area contributed by atoms with E-state index in [1.54, 1.807) is 10.9 Å². The van der Waals surface area contributed by atoms with E-state index in [1.165, 1.54) is 11.3 Å². The van der Waals surface area contributed by atoms with E-state index in [-0.39, 0.29) is 11.9 Å². The molecule has 1 aliphatic carbocycles. The number of carbonyl (C=O) groups excluding carboxylic acids is 1. The molecule has 0 aromatic carbocycles. The summed E-state index contributed by atoms with van der Waals surface area (Å²) in [6, 6.07) is 0.286. The highest BCUT2D eigenvalue weighted by molar-refractivity contribution is 7.07. The highest BCUT2D eigenvalue weighted by Crippen LogP contribution is 2.11. The number of rotatable bonds is 2. The summed E-state index contributed by atoms with van der Waals surface area (Å²) in [6.07, 6.45) is 7.31. The van der Waals surface area contributed by atoms with Crippen LogP contribution in [0.4, 0.5) is 0 Å². The normalized spacial score (nSPS) is 20.7. The molecule has 0 saturated heterocycles. The molecule has 14 heavy (non-hydrogen) atoms. The standard InChI is InChI=1S/C10H12N2OS/c13-10(9-6-14-7-11-9)12-8-4-2-1-3-5-8/h1-2,6-8H,3-5H2,(H,12,13). The largest absolute Gasteiger partial charge is 0.348 e. The fourth-order valence-electron chi connectivity index (χ4n) is 1.51. The Morgan fingerprint density at radius 1 is 1.57 bits per heavy atom. The second kappa shape index (κ2) is 4.37. The average molecular weight is 208 g/mol. The van der Waals surface area contributed by atoms with Gasteiger partial charge in [0.05, 0.1) is 5.51 Å². The van der Waals surface area contributed by atoms with Gasteiger partial charge in [-0.1, -0.05) is 12.2 Å². The zero-order valence-electron chi connectivity index (χ0n) is 7.77. The molecule has 1 atom stereocenters. The van der Waals surface area contributed by atoms with Crippen molar-refractivity contribution in [1.29, 1.82) is 0 Å². The third kappa shape index (κ3) is 2.20. The zero-order valence-corrected chi connectivity index (χ0v) is 8.59. The first-order chi connectivity index (χ1) is 6.86. The molecule has 0 radical (unpaired) electrons. The minimum Gasteiger partial charge on any atom is -0.348 e. The number of hydrogen-bond donors (Lipinski definition) is 1. The van der Waals surface area contributed by atoms with Gasteiger partial charge in [0, 0.05) is 11.4 Å². The molecule has 1 heterocycles. The van der Waals surface area contributed by atoms with E-state index in [0.717, 1.165) is 19.3 Å². The molecule has 1 aromatic rings. The predicted molar refractivity (Wildman–Crippen MR) is 56.4 cm³/mol. The van der Waals surface area contributed by atoms with Crippen LogP contribution in [0.3, 0.4) is 0 Å². The third-order valence-electron chi connectivity index (χ3n) is 2.27. The monoisotopic (exact) mass is 208 g/mol. The van der Waals surface area contributed by atoms with Crippen LogP contribution in [0.25, 0.3) is 0 Å². The first kappa shape index (κ1) is 9.40. The SMILES string of the molecule is O=C(NC1CC=CCC1)c1cscn1. The highest BCUT2D eigenvalue weighted by atomic mass is 32.1. The molecule has 74 valence electrons. The smallest absolute Gasteiger partial charge is 0.270 e. The Hall–Kier alpha value is -1.16. The minimum atomic E-state index is -0.0495. The Balaban J connectivity index is 1.91. The summed E-state index contributed by atoms with van der Waals surface area (Å²) in [5, 5.41) is 4.75. The van der Waals surface area contributed by atoms with Crippen molar-refractivity contribution >= 4 is 17.2 Å². The zero-order chi connectivity index (χ0) is 9.80. The molecule has 0 spiro atoms. The number of amides is 1. The fraction of sp³-hybridized carbons (Fsp3) is 0.400. The number of nitrogens with one attached hydrogen (secondary N) is 1. The molecule has 1 unspecified atom stereocenters. The summed E-state index contributed by atoms with van der Waals surface area (Å²) in [7, 11) is 0. The molecule has 4 heteroatoms. The molecule has 0 bridgehead atoms. The molecular formula is C10H12N2OS. The molecule has 1 amide bonds. The van der Waals surface area contributed by atoms with Crippen LogP contribution >= 0.6 is 11.3 Å². The lowest BCUT2D eigenvalue weighted by molar-refractivity contribution is 0.0930. The topological polar surface area (TPSA) is 42.0 Å². The summed E-state index contributed by atoms with van der Waals surface area (Å²) >= 11 is 1.44. The van der Waals surface area contributed by atoms with Crippen LogP contribution in [0.1, 0.15) is 29.8 Å².